The molecule has 0 saturated heterocycles. The van der Waals surface area contributed by atoms with Crippen LogP contribution in [0.4, 0.5) is 0 Å². The molecule has 4 heteroatoms. The zero-order chi connectivity index (χ0) is 14.2. The lowest BCUT2D eigenvalue weighted by Crippen LogP contribution is -2.32. The van der Waals surface area contributed by atoms with Crippen LogP contribution < -0.4 is 5.73 Å². The molecule has 0 heterocycles. The van der Waals surface area contributed by atoms with E-state index >= 15 is 0 Å². The van der Waals surface area contributed by atoms with Gasteiger partial charge in [0.1, 0.15) is 11.8 Å². The van der Waals surface area contributed by atoms with E-state index in [0.717, 1.165) is 6.07 Å². The van der Waals surface area contributed by atoms with E-state index in [4.69, 9.17) is 17.7 Å². The van der Waals surface area contributed by atoms with Crippen molar-refractivity contribution in [2.45, 2.75) is 12.4 Å². The number of hydrogen-bond acceptors (Lipinski definition) is 3. The lowest BCUT2D eigenvalue weighted by atomic mass is 10.1. The molecule has 0 spiro atoms. The largest absolute Gasteiger partial charge is 0.508 e. The first-order valence-electron chi connectivity index (χ1n) is 5.92. The molecule has 0 aromatic heterocycles. The normalized spacial score (nSPS) is 22.7. The lowest BCUT2D eigenvalue weighted by Gasteiger charge is -2.05. The number of carboxylic acids is 1. The third-order valence-corrected chi connectivity index (χ3v) is 1.25. The number of nitrogens with two attached hydrogens (primary N) is 1. The molecule has 70 valence electrons. The zero-order valence-corrected chi connectivity index (χ0v) is 6.53. The maximum atomic E-state index is 10.7. The Bertz CT molecular complexity index is 505. The highest BCUT2D eigenvalue weighted by Gasteiger charge is 2.11. The molecule has 1 unspecified atom stereocenters. The van der Waals surface area contributed by atoms with Gasteiger partial charge < -0.3 is 15.9 Å². The van der Waals surface area contributed by atoms with E-state index in [1.54, 1.807) is 0 Å². The minimum Gasteiger partial charge on any atom is -0.508 e. The number of hydrogen-bond donors (Lipinski definition) is 3. The van der Waals surface area contributed by atoms with E-state index < -0.39 is 42.3 Å². The van der Waals surface area contributed by atoms with Crippen molar-refractivity contribution < 1.29 is 21.9 Å². The highest BCUT2D eigenvalue weighted by atomic mass is 16.4. The molecule has 1 aromatic rings. The predicted molar refractivity (Wildman–Crippen MR) is 47.4 cm³/mol. The highest BCUT2D eigenvalue weighted by molar-refractivity contribution is 5.73. The van der Waals surface area contributed by atoms with Gasteiger partial charge in [0.25, 0.3) is 0 Å². The first-order valence-corrected chi connectivity index (χ1v) is 3.34. The Hall–Kier alpha value is -1.55. The maximum absolute atomic E-state index is 10.7. The lowest BCUT2D eigenvalue weighted by molar-refractivity contribution is -0.138. The number of phenols is 1. The molecule has 0 aliphatic carbocycles. The number of aromatic hydroxyl groups is 1. The van der Waals surface area contributed by atoms with Crippen LogP contribution in [0.5, 0.6) is 5.75 Å². The molecule has 0 bridgehead atoms. The summed E-state index contributed by atoms with van der Waals surface area (Å²) in [4.78, 5) is 10.7. The average Bonchev–Trinajstić information content (AvgIpc) is 2.30. The maximum Gasteiger partial charge on any atom is 0.320 e. The Morgan fingerprint density at radius 1 is 1.77 bits per heavy atom. The molecule has 0 saturated carbocycles. The first-order chi connectivity index (χ1) is 8.10. The first kappa shape index (κ1) is 4.62. The molecule has 0 radical (unpaired) electrons. The van der Waals surface area contributed by atoms with Gasteiger partial charge in [-0.1, -0.05) is 12.1 Å². The summed E-state index contributed by atoms with van der Waals surface area (Å²) in [6, 6.07) is -3.68. The molecular weight excluding hydrogens is 170 g/mol. The number of carboxylic acid groups (broad SMARTS) is 1. The Kier molecular flexibility index (Phi) is 1.39. The third-order valence-electron chi connectivity index (χ3n) is 1.25. The van der Waals surface area contributed by atoms with Crippen LogP contribution in [0, 0.1) is 0 Å². The van der Waals surface area contributed by atoms with E-state index in [-0.39, 0.29) is 5.56 Å². The van der Waals surface area contributed by atoms with Gasteiger partial charge in [0.05, 0.1) is 5.48 Å². The Morgan fingerprint density at radius 2 is 2.46 bits per heavy atom. The van der Waals surface area contributed by atoms with Crippen LogP contribution in [0.3, 0.4) is 0 Å². The van der Waals surface area contributed by atoms with E-state index in [1.165, 1.54) is 0 Å². The number of benzene rings is 1. The van der Waals surface area contributed by atoms with Crippen molar-refractivity contribution in [3.05, 3.63) is 29.8 Å². The van der Waals surface area contributed by atoms with Crippen LogP contribution in [-0.2, 0) is 11.2 Å². The zero-order valence-electron chi connectivity index (χ0n) is 11.5. The third kappa shape index (κ3) is 2.76. The molecule has 1 rings (SSSR count). The average molecular weight is 186 g/mol. The Morgan fingerprint density at radius 3 is 3.08 bits per heavy atom. The van der Waals surface area contributed by atoms with Gasteiger partial charge in [-0.05, 0) is 24.0 Å². The van der Waals surface area contributed by atoms with Crippen molar-refractivity contribution in [3.8, 4) is 5.75 Å². The summed E-state index contributed by atoms with van der Waals surface area (Å²) >= 11 is 0. The summed E-state index contributed by atoms with van der Waals surface area (Å²) in [5, 5.41) is 18.0. The molecule has 0 amide bonds. The topological polar surface area (TPSA) is 83.6 Å². The fraction of sp³-hybridized carbons (Fsp3) is 0.222. The quantitative estimate of drug-likeness (QED) is 0.636. The molecular formula is C9H11NO3. The van der Waals surface area contributed by atoms with Crippen LogP contribution in [0.25, 0.3) is 0 Å². The molecule has 1 aromatic carbocycles. The number of aliphatic carboxylic acids is 1. The van der Waals surface area contributed by atoms with Gasteiger partial charge in [-0.15, -0.1) is 0 Å². The van der Waals surface area contributed by atoms with Gasteiger partial charge in [0.2, 0.25) is 0 Å². The van der Waals surface area contributed by atoms with Crippen LogP contribution in [0.1, 0.15) is 12.4 Å². The van der Waals surface area contributed by atoms with E-state index in [9.17, 15) is 9.90 Å². The highest BCUT2D eigenvalue weighted by Crippen LogP contribution is 2.10. The van der Waals surface area contributed by atoms with Crippen molar-refractivity contribution in [1.82, 2.24) is 0 Å². The molecule has 4 nitrogen and oxygen atoms in total. The van der Waals surface area contributed by atoms with Crippen molar-refractivity contribution in [2.75, 3.05) is 0 Å². The summed E-state index contributed by atoms with van der Waals surface area (Å²) in [6.07, 6.45) is -1.85. The van der Waals surface area contributed by atoms with Crippen LogP contribution in [-0.4, -0.2) is 22.2 Å². The van der Waals surface area contributed by atoms with Crippen molar-refractivity contribution in [1.29, 1.82) is 0 Å². The van der Waals surface area contributed by atoms with E-state index in [1.807, 2.05) is 0 Å². The van der Waals surface area contributed by atoms with Crippen LogP contribution >= 0.6 is 0 Å². The molecule has 4 N–H and O–H groups in total. The summed E-state index contributed by atoms with van der Waals surface area (Å²) in [5.41, 5.74) is 4.79. The van der Waals surface area contributed by atoms with Gasteiger partial charge in [-0.2, -0.15) is 0 Å². The second-order valence-corrected chi connectivity index (χ2v) is 2.25. The summed E-state index contributed by atoms with van der Waals surface area (Å²) in [6.45, 7) is 0. The standard InChI is InChI=1S/C9H11NO3/c10-8(9(12)13)5-6-1-3-7(11)4-2-6/h1-4,8,11H,5,10H2,(H,12,13)/t8-/m1/s1/i1D,3D,4D,5D,8D/t5?,8-. The minimum absolute atomic E-state index is 0.359. The summed E-state index contributed by atoms with van der Waals surface area (Å²) < 4.78 is 37.1. The van der Waals surface area contributed by atoms with Crippen molar-refractivity contribution in [2.24, 2.45) is 5.73 Å². The van der Waals surface area contributed by atoms with Gasteiger partial charge in [-0.25, -0.2) is 0 Å². The van der Waals surface area contributed by atoms with E-state index in [2.05, 4.69) is 0 Å². The van der Waals surface area contributed by atoms with Gasteiger partial charge in [-0.3, -0.25) is 4.79 Å². The van der Waals surface area contributed by atoms with Crippen LogP contribution in [0.15, 0.2) is 24.2 Å². The van der Waals surface area contributed by atoms with Crippen molar-refractivity contribution >= 4 is 5.97 Å². The smallest absolute Gasteiger partial charge is 0.320 e. The van der Waals surface area contributed by atoms with Crippen LogP contribution in [0.2, 0.25) is 0 Å². The predicted octanol–water partition coefficient (Wildman–Crippen LogP) is 0.347. The number of phenolic OH excluding ortho intramolecular Hbond substituents is 1. The second kappa shape index (κ2) is 3.91. The molecule has 0 aliphatic rings. The summed E-state index contributed by atoms with van der Waals surface area (Å²) in [7, 11) is 0. The van der Waals surface area contributed by atoms with Gasteiger partial charge in [0, 0.05) is 1.37 Å². The molecule has 0 aliphatic heterocycles. The molecule has 13 heavy (non-hydrogen) atoms. The van der Waals surface area contributed by atoms with Crippen molar-refractivity contribution in [3.63, 3.8) is 0 Å². The molecule has 2 atom stereocenters. The number of rotatable bonds is 3. The monoisotopic (exact) mass is 186 g/mol. The minimum atomic E-state index is -2.70. The number of carbonyl (C=O) groups is 1. The van der Waals surface area contributed by atoms with Gasteiger partial charge in [0.15, 0.2) is 0 Å². The Labute approximate surface area is 82.6 Å². The Balaban J connectivity index is 3.39. The van der Waals surface area contributed by atoms with Gasteiger partial charge >= 0.3 is 5.97 Å². The molecule has 0 fully saturated rings. The SMILES string of the molecule is [2H]c1cc(C([2H])[C@@]([2H])(N)C(=O)O)c([2H])c([2H])c1O. The van der Waals surface area contributed by atoms with E-state index in [0.29, 0.717) is 0 Å². The second-order valence-electron chi connectivity index (χ2n) is 2.25. The fourth-order valence-corrected chi connectivity index (χ4v) is 0.657. The summed E-state index contributed by atoms with van der Waals surface area (Å²) in [5.74, 6) is -2.49. The fourth-order valence-electron chi connectivity index (χ4n) is 0.657.